The van der Waals surface area contributed by atoms with Crippen molar-refractivity contribution in [1.82, 2.24) is 4.90 Å². The van der Waals surface area contributed by atoms with Crippen molar-refractivity contribution in [2.24, 2.45) is 0 Å². The zero-order valence-electron chi connectivity index (χ0n) is 8.57. The summed E-state index contributed by atoms with van der Waals surface area (Å²) in [5, 5.41) is 9.44. The van der Waals surface area contributed by atoms with Gasteiger partial charge in [0.25, 0.3) is 0 Å². The highest BCUT2D eigenvalue weighted by molar-refractivity contribution is 6.02. The van der Waals surface area contributed by atoms with Crippen LogP contribution < -0.4 is 0 Å². The van der Waals surface area contributed by atoms with Gasteiger partial charge >= 0.3 is 0 Å². The molecule has 0 bridgehead atoms. The minimum absolute atomic E-state index is 0.157. The molecule has 2 saturated heterocycles. The second-order valence-electron chi connectivity index (χ2n) is 4.12. The molecular weight excluding hydrogens is 198 g/mol. The maximum absolute atomic E-state index is 11.6. The van der Waals surface area contributed by atoms with E-state index < -0.39 is 5.54 Å². The van der Waals surface area contributed by atoms with Crippen LogP contribution in [0, 0.1) is 0 Å². The molecule has 0 unspecified atom stereocenters. The van der Waals surface area contributed by atoms with Crippen LogP contribution in [-0.4, -0.2) is 47.2 Å². The first-order valence-electron chi connectivity index (χ1n) is 5.24. The van der Waals surface area contributed by atoms with Crippen LogP contribution in [0.15, 0.2) is 0 Å². The SMILES string of the molecule is O=C1CCC(=O)N1C1(CO)CCOCC1. The summed E-state index contributed by atoms with van der Waals surface area (Å²) in [5.74, 6) is -0.313. The van der Waals surface area contributed by atoms with Crippen molar-refractivity contribution in [2.45, 2.75) is 31.2 Å². The minimum Gasteiger partial charge on any atom is -0.394 e. The summed E-state index contributed by atoms with van der Waals surface area (Å²) in [4.78, 5) is 24.5. The van der Waals surface area contributed by atoms with E-state index in [4.69, 9.17) is 4.74 Å². The number of imide groups is 1. The molecule has 0 aromatic rings. The third-order valence-electron chi connectivity index (χ3n) is 3.24. The second-order valence-corrected chi connectivity index (χ2v) is 4.12. The van der Waals surface area contributed by atoms with Crippen LogP contribution in [0.1, 0.15) is 25.7 Å². The van der Waals surface area contributed by atoms with E-state index in [1.54, 1.807) is 0 Å². The zero-order chi connectivity index (χ0) is 10.9. The molecule has 2 aliphatic rings. The minimum atomic E-state index is -0.692. The van der Waals surface area contributed by atoms with Gasteiger partial charge in [-0.2, -0.15) is 0 Å². The summed E-state index contributed by atoms with van der Waals surface area (Å²) in [7, 11) is 0. The Morgan fingerprint density at radius 1 is 1.20 bits per heavy atom. The van der Waals surface area contributed by atoms with Crippen LogP contribution in [0.3, 0.4) is 0 Å². The van der Waals surface area contributed by atoms with Gasteiger partial charge in [0, 0.05) is 26.1 Å². The average Bonchev–Trinajstić information content (AvgIpc) is 2.60. The van der Waals surface area contributed by atoms with Gasteiger partial charge in [0.1, 0.15) is 0 Å². The van der Waals surface area contributed by atoms with E-state index >= 15 is 0 Å². The summed E-state index contributed by atoms with van der Waals surface area (Å²) in [6, 6.07) is 0. The molecule has 0 atom stereocenters. The smallest absolute Gasteiger partial charge is 0.230 e. The van der Waals surface area contributed by atoms with Crippen LogP contribution in [0.2, 0.25) is 0 Å². The molecule has 2 aliphatic heterocycles. The lowest BCUT2D eigenvalue weighted by Crippen LogP contribution is -2.56. The van der Waals surface area contributed by atoms with E-state index in [1.165, 1.54) is 4.90 Å². The molecule has 2 heterocycles. The molecule has 0 radical (unpaired) electrons. The van der Waals surface area contributed by atoms with Gasteiger partial charge in [-0.25, -0.2) is 0 Å². The first-order chi connectivity index (χ1) is 7.19. The fraction of sp³-hybridized carbons (Fsp3) is 0.800. The van der Waals surface area contributed by atoms with Crippen LogP contribution in [0.25, 0.3) is 0 Å². The quantitative estimate of drug-likeness (QED) is 0.638. The first-order valence-corrected chi connectivity index (χ1v) is 5.24. The van der Waals surface area contributed by atoms with Crippen molar-refractivity contribution in [3.05, 3.63) is 0 Å². The molecular formula is C10H15NO4. The zero-order valence-corrected chi connectivity index (χ0v) is 8.57. The lowest BCUT2D eigenvalue weighted by molar-refractivity contribution is -0.153. The first kappa shape index (κ1) is 10.6. The van der Waals surface area contributed by atoms with Gasteiger partial charge in [0.15, 0.2) is 0 Å². The molecule has 1 N–H and O–H groups in total. The molecule has 5 nitrogen and oxygen atoms in total. The number of ether oxygens (including phenoxy) is 1. The van der Waals surface area contributed by atoms with Crippen LogP contribution in [0.4, 0.5) is 0 Å². The number of amides is 2. The van der Waals surface area contributed by atoms with Crippen molar-refractivity contribution in [2.75, 3.05) is 19.8 Å². The third-order valence-corrected chi connectivity index (χ3v) is 3.24. The number of rotatable bonds is 2. The van der Waals surface area contributed by atoms with Crippen molar-refractivity contribution < 1.29 is 19.4 Å². The summed E-state index contributed by atoms with van der Waals surface area (Å²) < 4.78 is 5.20. The Hall–Kier alpha value is -0.940. The predicted molar refractivity (Wildman–Crippen MR) is 51.0 cm³/mol. The molecule has 0 spiro atoms. The predicted octanol–water partition coefficient (Wildman–Crippen LogP) is -0.323. The Labute approximate surface area is 88.0 Å². The lowest BCUT2D eigenvalue weighted by atomic mass is 9.89. The number of nitrogens with zero attached hydrogens (tertiary/aromatic N) is 1. The molecule has 2 amide bonds. The molecule has 5 heteroatoms. The largest absolute Gasteiger partial charge is 0.394 e. The number of carbonyl (C=O) groups is 2. The molecule has 2 fully saturated rings. The molecule has 84 valence electrons. The number of likely N-dealkylation sites (tertiary alicyclic amines) is 1. The van der Waals surface area contributed by atoms with Gasteiger partial charge in [-0.1, -0.05) is 0 Å². The Morgan fingerprint density at radius 3 is 2.20 bits per heavy atom. The van der Waals surface area contributed by atoms with Crippen LogP contribution in [0.5, 0.6) is 0 Å². The Morgan fingerprint density at radius 2 is 1.73 bits per heavy atom. The Balaban J connectivity index is 2.24. The van der Waals surface area contributed by atoms with E-state index in [2.05, 4.69) is 0 Å². The lowest BCUT2D eigenvalue weighted by Gasteiger charge is -2.41. The number of aliphatic hydroxyl groups is 1. The normalized spacial score (nSPS) is 26.1. The number of carbonyl (C=O) groups excluding carboxylic acids is 2. The summed E-state index contributed by atoms with van der Waals surface area (Å²) in [6.07, 6.45) is 1.64. The number of hydrogen-bond acceptors (Lipinski definition) is 4. The molecule has 0 aromatic carbocycles. The highest BCUT2D eigenvalue weighted by Crippen LogP contribution is 2.32. The van der Waals surface area contributed by atoms with Crippen molar-refractivity contribution >= 4 is 11.8 Å². The average molecular weight is 213 g/mol. The van der Waals surface area contributed by atoms with Crippen molar-refractivity contribution in [1.29, 1.82) is 0 Å². The van der Waals surface area contributed by atoms with E-state index in [9.17, 15) is 14.7 Å². The topological polar surface area (TPSA) is 66.8 Å². The van der Waals surface area contributed by atoms with Gasteiger partial charge in [-0.3, -0.25) is 14.5 Å². The van der Waals surface area contributed by atoms with E-state index in [0.29, 0.717) is 26.1 Å². The van der Waals surface area contributed by atoms with E-state index in [0.717, 1.165) is 0 Å². The van der Waals surface area contributed by atoms with Crippen LogP contribution in [-0.2, 0) is 14.3 Å². The van der Waals surface area contributed by atoms with Crippen molar-refractivity contribution in [3.8, 4) is 0 Å². The van der Waals surface area contributed by atoms with Crippen molar-refractivity contribution in [3.63, 3.8) is 0 Å². The molecule has 0 aliphatic carbocycles. The summed E-state index contributed by atoms with van der Waals surface area (Å²) in [5.41, 5.74) is -0.692. The Bertz CT molecular complexity index is 267. The highest BCUT2D eigenvalue weighted by atomic mass is 16.5. The molecule has 15 heavy (non-hydrogen) atoms. The van der Waals surface area contributed by atoms with Gasteiger partial charge in [0.05, 0.1) is 12.1 Å². The standard InChI is InChI=1S/C10H15NO4/c12-7-10(3-5-15-6-4-10)11-8(13)1-2-9(11)14/h12H,1-7H2. The molecule has 0 aromatic heterocycles. The molecule has 0 saturated carbocycles. The van der Waals surface area contributed by atoms with Gasteiger partial charge in [-0.15, -0.1) is 0 Å². The summed E-state index contributed by atoms with van der Waals surface area (Å²) in [6.45, 7) is 0.836. The van der Waals surface area contributed by atoms with Gasteiger partial charge in [0.2, 0.25) is 11.8 Å². The molecule has 2 rings (SSSR count). The number of hydrogen-bond donors (Lipinski definition) is 1. The fourth-order valence-corrected chi connectivity index (χ4v) is 2.31. The number of aliphatic hydroxyl groups excluding tert-OH is 1. The third kappa shape index (κ3) is 1.66. The fourth-order valence-electron chi connectivity index (χ4n) is 2.31. The second kappa shape index (κ2) is 3.90. The van der Waals surface area contributed by atoms with E-state index in [-0.39, 0.29) is 31.3 Å². The highest BCUT2D eigenvalue weighted by Gasteiger charge is 2.46. The maximum Gasteiger partial charge on any atom is 0.230 e. The van der Waals surface area contributed by atoms with Crippen LogP contribution >= 0.6 is 0 Å². The maximum atomic E-state index is 11.6. The van der Waals surface area contributed by atoms with Gasteiger partial charge in [-0.05, 0) is 12.8 Å². The van der Waals surface area contributed by atoms with Gasteiger partial charge < -0.3 is 9.84 Å². The Kier molecular flexibility index (Phi) is 2.75. The monoisotopic (exact) mass is 213 g/mol. The summed E-state index contributed by atoms with van der Waals surface area (Å²) >= 11 is 0. The van der Waals surface area contributed by atoms with E-state index in [1.807, 2.05) is 0 Å².